The molecule has 0 heterocycles. The predicted molar refractivity (Wildman–Crippen MR) is 101 cm³/mol. The van der Waals surface area contributed by atoms with Crippen LogP contribution in [0.3, 0.4) is 0 Å². The Morgan fingerprint density at radius 3 is 2.64 bits per heavy atom. The lowest BCUT2D eigenvalue weighted by Crippen LogP contribution is -2.40. The van der Waals surface area contributed by atoms with E-state index >= 15 is 0 Å². The number of ether oxygens (including phenoxy) is 1. The molecule has 0 saturated heterocycles. The van der Waals surface area contributed by atoms with Crippen LogP contribution in [0.1, 0.15) is 24.3 Å². The molecule has 0 aliphatic heterocycles. The molecule has 0 aromatic heterocycles. The van der Waals surface area contributed by atoms with Gasteiger partial charge in [-0.1, -0.05) is 24.3 Å². The smallest absolute Gasteiger partial charge is 0.468 e. The number of methoxy groups -OCH3 is 1. The van der Waals surface area contributed by atoms with E-state index in [1.165, 1.54) is 20.0 Å². The minimum Gasteiger partial charge on any atom is -0.468 e. The van der Waals surface area contributed by atoms with E-state index in [-0.39, 0.29) is 0 Å². The molecular weight excluding hydrogens is 391 g/mol. The van der Waals surface area contributed by atoms with Gasteiger partial charge >= 0.3 is 18.1 Å². The average Bonchev–Trinajstić information content (AvgIpc) is 3.49. The molecule has 1 amide bonds. The molecule has 150 valence electrons. The molecule has 0 spiro atoms. The number of carbonyl (C=O) groups is 2. The van der Waals surface area contributed by atoms with Gasteiger partial charge in [-0.3, -0.25) is 9.59 Å². The van der Waals surface area contributed by atoms with E-state index in [2.05, 4.69) is 0 Å². The predicted octanol–water partition coefficient (Wildman–Crippen LogP) is 4.28. The summed E-state index contributed by atoms with van der Waals surface area (Å²) >= 11 is 1.73. The van der Waals surface area contributed by atoms with Gasteiger partial charge in [0, 0.05) is 17.2 Å². The second-order valence-corrected chi connectivity index (χ2v) is 7.86. The molecule has 8 heteroatoms. The van der Waals surface area contributed by atoms with Crippen molar-refractivity contribution in [2.24, 2.45) is 5.92 Å². The van der Waals surface area contributed by atoms with E-state index in [1.807, 2.05) is 24.3 Å². The fourth-order valence-electron chi connectivity index (χ4n) is 2.93. The van der Waals surface area contributed by atoms with E-state index in [4.69, 9.17) is 4.74 Å². The minimum atomic E-state index is -5.01. The summed E-state index contributed by atoms with van der Waals surface area (Å²) in [5, 5.41) is 3.42. The van der Waals surface area contributed by atoms with E-state index in [0.717, 1.165) is 27.3 Å². The number of fused-ring (bicyclic) bond motifs is 1. The van der Waals surface area contributed by atoms with Crippen LogP contribution in [0.25, 0.3) is 10.8 Å². The van der Waals surface area contributed by atoms with Gasteiger partial charge in [-0.05, 0) is 47.2 Å². The van der Waals surface area contributed by atoms with Crippen molar-refractivity contribution in [2.75, 3.05) is 19.4 Å². The Kier molecular flexibility index (Phi) is 6.17. The van der Waals surface area contributed by atoms with Crippen LogP contribution in [-0.4, -0.2) is 37.5 Å². The van der Waals surface area contributed by atoms with Gasteiger partial charge in [0.15, 0.2) is 0 Å². The molecule has 0 radical (unpaired) electrons. The summed E-state index contributed by atoms with van der Waals surface area (Å²) in [6, 6.07) is 11.2. The molecule has 1 aliphatic carbocycles. The molecule has 1 fully saturated rings. The summed E-state index contributed by atoms with van der Waals surface area (Å²) in [5.41, 5.74) is 0.528. The standard InChI is InChI=1S/C20H20F3NO3S/c1-27-18(25)17(10-24-19(26)20(21,22)23)15-4-2-3-13-7-8-14(9-16(13)15)28-11-12-5-6-12/h2-4,7-9,12,17H,5-6,10-11H2,1H3,(H,24,26). The van der Waals surface area contributed by atoms with Gasteiger partial charge in [0.05, 0.1) is 13.0 Å². The molecule has 1 atom stereocenters. The van der Waals surface area contributed by atoms with Gasteiger partial charge in [0.1, 0.15) is 0 Å². The van der Waals surface area contributed by atoms with Crippen molar-refractivity contribution in [3.63, 3.8) is 0 Å². The first kappa shape index (κ1) is 20.5. The van der Waals surface area contributed by atoms with Crippen LogP contribution in [0.5, 0.6) is 0 Å². The second-order valence-electron chi connectivity index (χ2n) is 6.77. The Bertz CT molecular complexity index is 881. The zero-order valence-corrected chi connectivity index (χ0v) is 16.0. The molecule has 1 saturated carbocycles. The summed E-state index contributed by atoms with van der Waals surface area (Å²) in [7, 11) is 1.17. The Hall–Kier alpha value is -2.22. The zero-order valence-electron chi connectivity index (χ0n) is 15.2. The van der Waals surface area contributed by atoms with E-state index in [1.54, 1.807) is 29.2 Å². The van der Waals surface area contributed by atoms with Crippen LogP contribution in [0, 0.1) is 5.92 Å². The number of rotatable bonds is 7. The molecule has 2 aromatic rings. The van der Waals surface area contributed by atoms with Crippen LogP contribution in [0.15, 0.2) is 41.3 Å². The highest BCUT2D eigenvalue weighted by Crippen LogP contribution is 2.36. The van der Waals surface area contributed by atoms with Crippen molar-refractivity contribution in [1.29, 1.82) is 0 Å². The Morgan fingerprint density at radius 2 is 2.00 bits per heavy atom. The zero-order chi connectivity index (χ0) is 20.3. The van der Waals surface area contributed by atoms with E-state index in [0.29, 0.717) is 5.56 Å². The number of amides is 1. The lowest BCUT2D eigenvalue weighted by Gasteiger charge is -2.19. The van der Waals surface area contributed by atoms with Crippen LogP contribution in [0.2, 0.25) is 0 Å². The molecule has 1 aliphatic rings. The SMILES string of the molecule is COC(=O)C(CNC(=O)C(F)(F)F)c1cccc2ccc(SCC3CC3)cc12. The Morgan fingerprint density at radius 1 is 1.25 bits per heavy atom. The third-order valence-electron chi connectivity index (χ3n) is 4.66. The van der Waals surface area contributed by atoms with Crippen molar-refractivity contribution >= 4 is 34.4 Å². The summed E-state index contributed by atoms with van der Waals surface area (Å²) in [4.78, 5) is 24.5. The number of alkyl halides is 3. The molecule has 4 nitrogen and oxygen atoms in total. The van der Waals surface area contributed by atoms with Gasteiger partial charge in [-0.15, -0.1) is 11.8 Å². The van der Waals surface area contributed by atoms with Crippen LogP contribution >= 0.6 is 11.8 Å². The van der Waals surface area contributed by atoms with Gasteiger partial charge in [0.25, 0.3) is 0 Å². The third-order valence-corrected chi connectivity index (χ3v) is 5.88. The molecular formula is C20H20F3NO3S. The van der Waals surface area contributed by atoms with Crippen molar-refractivity contribution in [1.82, 2.24) is 5.32 Å². The maximum Gasteiger partial charge on any atom is 0.471 e. The number of carbonyl (C=O) groups excluding carboxylic acids is 2. The summed E-state index contributed by atoms with van der Waals surface area (Å²) in [6.45, 7) is -0.496. The maximum absolute atomic E-state index is 12.5. The van der Waals surface area contributed by atoms with Gasteiger partial charge in [-0.25, -0.2) is 0 Å². The molecule has 28 heavy (non-hydrogen) atoms. The normalized spacial score (nSPS) is 15.3. The lowest BCUT2D eigenvalue weighted by molar-refractivity contribution is -0.173. The average molecular weight is 411 g/mol. The topological polar surface area (TPSA) is 55.4 Å². The molecule has 1 N–H and O–H groups in total. The minimum absolute atomic E-state index is 0.496. The summed E-state index contributed by atoms with van der Waals surface area (Å²) in [6.07, 6.45) is -2.52. The first-order valence-corrected chi connectivity index (χ1v) is 9.86. The van der Waals surface area contributed by atoms with E-state index < -0.39 is 30.5 Å². The number of halogens is 3. The number of benzene rings is 2. The Balaban J connectivity index is 1.90. The number of nitrogens with one attached hydrogen (secondary N) is 1. The van der Waals surface area contributed by atoms with Gasteiger partial charge in [0.2, 0.25) is 0 Å². The van der Waals surface area contributed by atoms with Gasteiger partial charge < -0.3 is 10.1 Å². The van der Waals surface area contributed by atoms with Crippen molar-refractivity contribution < 1.29 is 27.5 Å². The first-order valence-electron chi connectivity index (χ1n) is 8.88. The monoisotopic (exact) mass is 411 g/mol. The van der Waals surface area contributed by atoms with Crippen molar-refractivity contribution in [3.8, 4) is 0 Å². The van der Waals surface area contributed by atoms with Gasteiger partial charge in [-0.2, -0.15) is 13.2 Å². The van der Waals surface area contributed by atoms with Crippen molar-refractivity contribution in [2.45, 2.75) is 29.8 Å². The summed E-state index contributed by atoms with van der Waals surface area (Å²) in [5.74, 6) is -2.05. The lowest BCUT2D eigenvalue weighted by atomic mass is 9.93. The van der Waals surface area contributed by atoms with E-state index in [9.17, 15) is 22.8 Å². The molecule has 2 aromatic carbocycles. The maximum atomic E-state index is 12.5. The highest BCUT2D eigenvalue weighted by atomic mass is 32.2. The van der Waals surface area contributed by atoms with Crippen LogP contribution in [-0.2, 0) is 14.3 Å². The highest BCUT2D eigenvalue weighted by Gasteiger charge is 2.39. The summed E-state index contributed by atoms with van der Waals surface area (Å²) < 4.78 is 42.3. The number of hydrogen-bond acceptors (Lipinski definition) is 4. The fraction of sp³-hybridized carbons (Fsp3) is 0.400. The third kappa shape index (κ3) is 4.98. The number of esters is 1. The first-order chi connectivity index (χ1) is 13.3. The Labute approximate surface area is 164 Å². The quantitative estimate of drug-likeness (QED) is 0.546. The highest BCUT2D eigenvalue weighted by molar-refractivity contribution is 7.99. The molecule has 0 bridgehead atoms. The molecule has 3 rings (SSSR count). The number of thioether (sulfide) groups is 1. The van der Waals surface area contributed by atoms with Crippen LogP contribution in [0.4, 0.5) is 13.2 Å². The largest absolute Gasteiger partial charge is 0.471 e. The molecule has 1 unspecified atom stereocenters. The second kappa shape index (κ2) is 8.43. The van der Waals surface area contributed by atoms with Crippen molar-refractivity contribution in [3.05, 3.63) is 42.0 Å². The fourth-order valence-corrected chi connectivity index (χ4v) is 4.05. The van der Waals surface area contributed by atoms with Crippen LogP contribution < -0.4 is 5.32 Å². The number of hydrogen-bond donors (Lipinski definition) is 1.